The van der Waals surface area contributed by atoms with Gasteiger partial charge in [-0.2, -0.15) is 13.2 Å². The topological polar surface area (TPSA) is 48.9 Å². The molecule has 0 aliphatic rings. The van der Waals surface area contributed by atoms with Gasteiger partial charge in [-0.3, -0.25) is 9.89 Å². The van der Waals surface area contributed by atoms with Gasteiger partial charge < -0.3 is 15.4 Å². The van der Waals surface area contributed by atoms with Crippen LogP contribution in [0.5, 0.6) is 0 Å². The number of alkyl halides is 3. The molecule has 0 amide bonds. The van der Waals surface area contributed by atoms with E-state index in [0.29, 0.717) is 31.6 Å². The van der Waals surface area contributed by atoms with Gasteiger partial charge in [-0.15, -0.1) is 24.0 Å². The van der Waals surface area contributed by atoms with E-state index in [1.165, 1.54) is 11.9 Å². The van der Waals surface area contributed by atoms with E-state index in [9.17, 15) is 13.2 Å². The van der Waals surface area contributed by atoms with Crippen LogP contribution in [0.25, 0.3) is 0 Å². The number of likely N-dealkylation sites (N-methyl/N-ethyl adjacent to an activating group) is 1. The van der Waals surface area contributed by atoms with Gasteiger partial charge in [0.2, 0.25) is 0 Å². The Bertz CT molecular complexity index is 315. The second-order valence-corrected chi connectivity index (χ2v) is 5.60. The molecule has 0 unspecified atom stereocenters. The average molecular weight is 454 g/mol. The summed E-state index contributed by atoms with van der Waals surface area (Å²) in [7, 11) is 3.07. The molecule has 0 bridgehead atoms. The van der Waals surface area contributed by atoms with Crippen molar-refractivity contribution in [2.24, 2.45) is 10.9 Å². The third-order valence-corrected chi connectivity index (χ3v) is 2.67. The van der Waals surface area contributed by atoms with Crippen LogP contribution < -0.4 is 10.6 Å². The molecule has 0 aliphatic heterocycles. The molecule has 2 N–H and O–H groups in total. The van der Waals surface area contributed by atoms with Gasteiger partial charge in [-0.05, 0) is 19.4 Å². The Morgan fingerprint density at radius 3 is 2.35 bits per heavy atom. The summed E-state index contributed by atoms with van der Waals surface area (Å²) in [6.45, 7) is 6.10. The van der Waals surface area contributed by atoms with Gasteiger partial charge in [0.25, 0.3) is 0 Å². The predicted molar refractivity (Wildman–Crippen MR) is 98.6 cm³/mol. The summed E-state index contributed by atoms with van der Waals surface area (Å²) in [5, 5.41) is 6.08. The third kappa shape index (κ3) is 17.9. The third-order valence-electron chi connectivity index (χ3n) is 2.67. The molecule has 0 saturated heterocycles. The maximum Gasteiger partial charge on any atom is 0.401 e. The zero-order chi connectivity index (χ0) is 17.0. The lowest BCUT2D eigenvalue weighted by Crippen LogP contribution is -2.42. The summed E-state index contributed by atoms with van der Waals surface area (Å²) in [4.78, 5) is 5.24. The van der Waals surface area contributed by atoms with Gasteiger partial charge in [0.1, 0.15) is 0 Å². The number of nitrogens with one attached hydrogen (secondary N) is 2. The molecule has 140 valence electrons. The normalized spacial score (nSPS) is 12.5. The smallest absolute Gasteiger partial charge is 0.381 e. The van der Waals surface area contributed by atoms with Crippen molar-refractivity contribution in [1.82, 2.24) is 15.5 Å². The van der Waals surface area contributed by atoms with Crippen LogP contribution >= 0.6 is 24.0 Å². The first kappa shape index (κ1) is 25.0. The highest BCUT2D eigenvalue weighted by atomic mass is 127. The van der Waals surface area contributed by atoms with Crippen molar-refractivity contribution in [1.29, 1.82) is 0 Å². The summed E-state index contributed by atoms with van der Waals surface area (Å²) < 4.78 is 42.0. The van der Waals surface area contributed by atoms with Crippen molar-refractivity contribution in [3.63, 3.8) is 0 Å². The van der Waals surface area contributed by atoms with E-state index in [0.717, 1.165) is 13.0 Å². The van der Waals surface area contributed by atoms with E-state index < -0.39 is 12.7 Å². The van der Waals surface area contributed by atoms with E-state index in [4.69, 9.17) is 4.74 Å². The fraction of sp³-hybridized carbons (Fsp3) is 0.929. The van der Waals surface area contributed by atoms with E-state index in [1.54, 1.807) is 7.05 Å². The number of rotatable bonds is 10. The molecule has 0 spiro atoms. The molecule has 0 atom stereocenters. The Morgan fingerprint density at radius 2 is 1.83 bits per heavy atom. The van der Waals surface area contributed by atoms with Crippen LogP contribution in [0.1, 0.15) is 20.3 Å². The minimum absolute atomic E-state index is 0. The van der Waals surface area contributed by atoms with Crippen LogP contribution in [0.4, 0.5) is 13.2 Å². The van der Waals surface area contributed by atoms with Crippen molar-refractivity contribution < 1.29 is 17.9 Å². The second-order valence-electron chi connectivity index (χ2n) is 5.60. The van der Waals surface area contributed by atoms with E-state index in [1.807, 2.05) is 0 Å². The number of nitrogens with zero attached hydrogens (tertiary/aromatic N) is 2. The zero-order valence-electron chi connectivity index (χ0n) is 14.4. The lowest BCUT2D eigenvalue weighted by atomic mass is 10.2. The Hall–Kier alpha value is -0.290. The highest BCUT2D eigenvalue weighted by Gasteiger charge is 2.28. The first-order valence-electron chi connectivity index (χ1n) is 7.52. The molecule has 5 nitrogen and oxygen atoms in total. The maximum atomic E-state index is 12.2. The van der Waals surface area contributed by atoms with Gasteiger partial charge in [0.05, 0.1) is 6.54 Å². The van der Waals surface area contributed by atoms with E-state index in [-0.39, 0.29) is 30.5 Å². The molecule has 0 aromatic heterocycles. The van der Waals surface area contributed by atoms with Crippen molar-refractivity contribution >= 4 is 29.9 Å². The molecule has 9 heteroatoms. The van der Waals surface area contributed by atoms with Gasteiger partial charge in [0.15, 0.2) is 5.96 Å². The standard InChI is InChI=1S/C14H29F3N4O.HI/c1-12(2)10-22-9-5-6-19-13(18-3)20-7-8-21(4)11-14(15,16)17;/h12H,5-11H2,1-4H3,(H2,18,19,20);1H. The van der Waals surface area contributed by atoms with Crippen molar-refractivity contribution in [2.75, 3.05) is 53.5 Å². The first-order chi connectivity index (χ1) is 10.2. The summed E-state index contributed by atoms with van der Waals surface area (Å²) in [6, 6.07) is 0. The average Bonchev–Trinajstić information content (AvgIpc) is 2.38. The van der Waals surface area contributed by atoms with Gasteiger partial charge in [0, 0.05) is 39.9 Å². The molecular weight excluding hydrogens is 424 g/mol. The molecule has 23 heavy (non-hydrogen) atoms. The van der Waals surface area contributed by atoms with Crippen LogP contribution in [0.2, 0.25) is 0 Å². The monoisotopic (exact) mass is 454 g/mol. The second kappa shape index (κ2) is 14.1. The lowest BCUT2D eigenvalue weighted by molar-refractivity contribution is -0.142. The number of halogens is 4. The first-order valence-corrected chi connectivity index (χ1v) is 7.52. The zero-order valence-corrected chi connectivity index (χ0v) is 16.7. The Kier molecular flexibility index (Phi) is 15.3. The van der Waals surface area contributed by atoms with Crippen LogP contribution in [0.3, 0.4) is 0 Å². The molecule has 0 aromatic carbocycles. The van der Waals surface area contributed by atoms with E-state index in [2.05, 4.69) is 29.5 Å². The van der Waals surface area contributed by atoms with Crippen LogP contribution in [-0.4, -0.2) is 70.5 Å². The number of hydrogen-bond acceptors (Lipinski definition) is 3. The van der Waals surface area contributed by atoms with Crippen LogP contribution in [0, 0.1) is 5.92 Å². The molecule has 0 aliphatic carbocycles. The minimum atomic E-state index is -4.16. The lowest BCUT2D eigenvalue weighted by Gasteiger charge is -2.19. The van der Waals surface area contributed by atoms with Gasteiger partial charge in [-0.25, -0.2) is 0 Å². The summed E-state index contributed by atoms with van der Waals surface area (Å²) in [5.74, 6) is 1.11. The van der Waals surface area contributed by atoms with Gasteiger partial charge >= 0.3 is 6.18 Å². The minimum Gasteiger partial charge on any atom is -0.381 e. The fourth-order valence-electron chi connectivity index (χ4n) is 1.67. The molecule has 0 rings (SSSR count). The SMILES string of the molecule is CN=C(NCCCOCC(C)C)NCCN(C)CC(F)(F)F.I. The molecule has 0 radical (unpaired) electrons. The van der Waals surface area contributed by atoms with Gasteiger partial charge in [-0.1, -0.05) is 13.8 Å². The number of ether oxygens (including phenoxy) is 1. The van der Waals surface area contributed by atoms with E-state index >= 15 is 0 Å². The molecule has 0 heterocycles. The summed E-state index contributed by atoms with van der Waals surface area (Å²) in [6.07, 6.45) is -3.31. The van der Waals surface area contributed by atoms with Crippen LogP contribution in [0.15, 0.2) is 4.99 Å². The summed E-state index contributed by atoms with van der Waals surface area (Å²) in [5.41, 5.74) is 0. The van der Waals surface area contributed by atoms with Crippen molar-refractivity contribution in [3.05, 3.63) is 0 Å². The Balaban J connectivity index is 0. The maximum absolute atomic E-state index is 12.2. The summed E-state index contributed by atoms with van der Waals surface area (Å²) >= 11 is 0. The number of aliphatic imine (C=N–C) groups is 1. The quantitative estimate of drug-likeness (QED) is 0.230. The molecule has 0 fully saturated rings. The predicted octanol–water partition coefficient (Wildman–Crippen LogP) is 2.33. The number of guanidine groups is 1. The van der Waals surface area contributed by atoms with Crippen LogP contribution in [-0.2, 0) is 4.74 Å². The van der Waals surface area contributed by atoms with Crippen molar-refractivity contribution in [3.8, 4) is 0 Å². The van der Waals surface area contributed by atoms with Crippen molar-refractivity contribution in [2.45, 2.75) is 26.4 Å². The highest BCUT2D eigenvalue weighted by Crippen LogP contribution is 2.14. The molecule has 0 saturated carbocycles. The highest BCUT2D eigenvalue weighted by molar-refractivity contribution is 14.0. The largest absolute Gasteiger partial charge is 0.401 e. The fourth-order valence-corrected chi connectivity index (χ4v) is 1.67. The Labute approximate surface area is 154 Å². The molecular formula is C14H30F3IN4O. The number of hydrogen-bond donors (Lipinski definition) is 2. The molecule has 0 aromatic rings. The Morgan fingerprint density at radius 1 is 1.22 bits per heavy atom.